The summed E-state index contributed by atoms with van der Waals surface area (Å²) < 4.78 is 0. The Morgan fingerprint density at radius 1 is 1.29 bits per heavy atom. The van der Waals surface area contributed by atoms with Crippen molar-refractivity contribution in [2.24, 2.45) is 0 Å². The van der Waals surface area contributed by atoms with Gasteiger partial charge in [0.2, 0.25) is 0 Å². The van der Waals surface area contributed by atoms with Gasteiger partial charge in [0.25, 0.3) is 5.91 Å². The maximum absolute atomic E-state index is 11.5. The maximum Gasteiger partial charge on any atom is 0.267 e. The number of para-hydroxylation sites is 1. The molecule has 0 bridgehead atoms. The second-order valence-corrected chi connectivity index (χ2v) is 5.40. The first-order valence-electron chi connectivity index (χ1n) is 5.75. The van der Waals surface area contributed by atoms with Crippen LogP contribution in [0.15, 0.2) is 36.4 Å². The number of benzene rings is 1. The van der Waals surface area contributed by atoms with E-state index >= 15 is 0 Å². The molecule has 0 unspecified atom stereocenters. The van der Waals surface area contributed by atoms with E-state index in [1.54, 1.807) is 0 Å². The average molecular weight is 230 g/mol. The van der Waals surface area contributed by atoms with Crippen molar-refractivity contribution in [1.29, 1.82) is 0 Å². The van der Waals surface area contributed by atoms with Crippen LogP contribution in [0.1, 0.15) is 26.3 Å². The Morgan fingerprint density at radius 3 is 2.47 bits per heavy atom. The molecule has 0 spiro atoms. The molecule has 1 saturated heterocycles. The van der Waals surface area contributed by atoms with E-state index in [0.29, 0.717) is 12.1 Å². The quantitative estimate of drug-likeness (QED) is 0.751. The lowest BCUT2D eigenvalue weighted by atomic mass is 9.85. The van der Waals surface area contributed by atoms with Gasteiger partial charge in [-0.25, -0.2) is 0 Å². The Bertz CT molecular complexity index is 455. The van der Waals surface area contributed by atoms with Gasteiger partial charge >= 0.3 is 0 Å². The standard InChI is InChI=1S/C14H18N2O/c1-10-9-16(15-13(10)17)12-8-6-5-7-11(12)14(2,3)4/h5-8H,1,9H2,2-4H3,(H,15,17). The molecule has 1 aromatic rings. The molecule has 0 aliphatic carbocycles. The summed E-state index contributed by atoms with van der Waals surface area (Å²) in [6, 6.07) is 8.14. The monoisotopic (exact) mass is 230 g/mol. The lowest BCUT2D eigenvalue weighted by Gasteiger charge is -2.27. The predicted octanol–water partition coefficient (Wildman–Crippen LogP) is 2.39. The summed E-state index contributed by atoms with van der Waals surface area (Å²) in [5, 5.41) is 1.87. The van der Waals surface area contributed by atoms with Crippen LogP contribution in [0.5, 0.6) is 0 Å². The number of rotatable bonds is 1. The third kappa shape index (κ3) is 2.18. The number of hydrazine groups is 1. The third-order valence-corrected chi connectivity index (χ3v) is 2.91. The molecule has 1 aliphatic rings. The van der Waals surface area contributed by atoms with Gasteiger partial charge in [0.1, 0.15) is 0 Å². The molecule has 1 aromatic carbocycles. The topological polar surface area (TPSA) is 32.3 Å². The molecule has 3 nitrogen and oxygen atoms in total. The highest BCUT2D eigenvalue weighted by molar-refractivity contribution is 5.98. The zero-order chi connectivity index (χ0) is 12.6. The van der Waals surface area contributed by atoms with Crippen molar-refractivity contribution < 1.29 is 4.79 Å². The summed E-state index contributed by atoms with van der Waals surface area (Å²) in [5.41, 5.74) is 5.75. The number of carbonyl (C=O) groups is 1. The van der Waals surface area contributed by atoms with Crippen molar-refractivity contribution in [3.05, 3.63) is 42.0 Å². The Morgan fingerprint density at radius 2 is 1.94 bits per heavy atom. The number of hydrogen-bond acceptors (Lipinski definition) is 2. The van der Waals surface area contributed by atoms with Crippen LogP contribution in [-0.4, -0.2) is 12.5 Å². The zero-order valence-corrected chi connectivity index (χ0v) is 10.6. The molecule has 3 heteroatoms. The molecule has 0 atom stereocenters. The number of nitrogens with one attached hydrogen (secondary N) is 1. The Balaban J connectivity index is 2.40. The average Bonchev–Trinajstić information content (AvgIpc) is 2.58. The van der Waals surface area contributed by atoms with Crippen molar-refractivity contribution in [2.45, 2.75) is 26.2 Å². The summed E-state index contributed by atoms with van der Waals surface area (Å²) in [6.07, 6.45) is 0. The molecule has 1 aliphatic heterocycles. The highest BCUT2D eigenvalue weighted by atomic mass is 16.2. The number of anilines is 1. The number of hydrogen-bond donors (Lipinski definition) is 1. The fourth-order valence-electron chi connectivity index (χ4n) is 1.99. The Kier molecular flexibility index (Phi) is 2.69. The summed E-state index contributed by atoms with van der Waals surface area (Å²) >= 11 is 0. The van der Waals surface area contributed by atoms with Gasteiger partial charge in [0, 0.05) is 5.57 Å². The van der Waals surface area contributed by atoms with Gasteiger partial charge in [0.05, 0.1) is 12.2 Å². The minimum absolute atomic E-state index is 0.0469. The molecule has 90 valence electrons. The molecule has 1 heterocycles. The lowest BCUT2D eigenvalue weighted by Crippen LogP contribution is -2.34. The van der Waals surface area contributed by atoms with Crippen LogP contribution in [0.4, 0.5) is 5.69 Å². The van der Waals surface area contributed by atoms with E-state index < -0.39 is 0 Å². The van der Waals surface area contributed by atoms with Crippen molar-refractivity contribution >= 4 is 11.6 Å². The number of amides is 1. The van der Waals surface area contributed by atoms with Gasteiger partial charge in [-0.2, -0.15) is 0 Å². The molecule has 17 heavy (non-hydrogen) atoms. The van der Waals surface area contributed by atoms with Gasteiger partial charge in [-0.3, -0.25) is 15.2 Å². The summed E-state index contributed by atoms with van der Waals surface area (Å²) in [4.78, 5) is 11.5. The summed E-state index contributed by atoms with van der Waals surface area (Å²) in [5.74, 6) is -0.0892. The van der Waals surface area contributed by atoms with E-state index in [9.17, 15) is 4.79 Å². The van der Waals surface area contributed by atoms with Crippen LogP contribution in [-0.2, 0) is 10.2 Å². The lowest BCUT2D eigenvalue weighted by molar-refractivity contribution is -0.116. The minimum atomic E-state index is -0.0892. The van der Waals surface area contributed by atoms with Crippen LogP contribution in [0.2, 0.25) is 0 Å². The second-order valence-electron chi connectivity index (χ2n) is 5.40. The van der Waals surface area contributed by atoms with Crippen molar-refractivity contribution in [2.75, 3.05) is 11.6 Å². The number of nitrogens with zero attached hydrogens (tertiary/aromatic N) is 1. The molecular formula is C14H18N2O. The van der Waals surface area contributed by atoms with E-state index in [0.717, 1.165) is 5.69 Å². The molecule has 1 amide bonds. The fraction of sp³-hybridized carbons (Fsp3) is 0.357. The molecule has 0 saturated carbocycles. The van der Waals surface area contributed by atoms with Gasteiger partial charge < -0.3 is 0 Å². The first kappa shape index (κ1) is 11.7. The molecule has 1 N–H and O–H groups in total. The summed E-state index contributed by atoms with van der Waals surface area (Å²) in [7, 11) is 0. The van der Waals surface area contributed by atoms with Gasteiger partial charge in [-0.15, -0.1) is 0 Å². The van der Waals surface area contributed by atoms with Gasteiger partial charge in [-0.05, 0) is 17.0 Å². The van der Waals surface area contributed by atoms with Gasteiger partial charge in [0.15, 0.2) is 0 Å². The van der Waals surface area contributed by atoms with Crippen LogP contribution >= 0.6 is 0 Å². The molecule has 0 radical (unpaired) electrons. The van der Waals surface area contributed by atoms with E-state index in [-0.39, 0.29) is 11.3 Å². The highest BCUT2D eigenvalue weighted by Gasteiger charge is 2.27. The SMILES string of the molecule is C=C1CN(c2ccccc2C(C)(C)C)NC1=O. The molecular weight excluding hydrogens is 212 g/mol. The van der Waals surface area contributed by atoms with E-state index in [2.05, 4.69) is 38.8 Å². The van der Waals surface area contributed by atoms with Gasteiger partial charge in [-0.1, -0.05) is 45.5 Å². The summed E-state index contributed by atoms with van der Waals surface area (Å²) in [6.45, 7) is 10.8. The fourth-order valence-corrected chi connectivity index (χ4v) is 1.99. The van der Waals surface area contributed by atoms with E-state index in [1.807, 2.05) is 23.2 Å². The Hall–Kier alpha value is -1.77. The largest absolute Gasteiger partial charge is 0.280 e. The second kappa shape index (κ2) is 3.91. The number of carbonyl (C=O) groups excluding carboxylic acids is 1. The van der Waals surface area contributed by atoms with Crippen LogP contribution < -0.4 is 10.4 Å². The van der Waals surface area contributed by atoms with Crippen LogP contribution in [0, 0.1) is 0 Å². The van der Waals surface area contributed by atoms with E-state index in [1.165, 1.54) is 5.56 Å². The van der Waals surface area contributed by atoms with E-state index in [4.69, 9.17) is 0 Å². The van der Waals surface area contributed by atoms with Crippen molar-refractivity contribution in [3.8, 4) is 0 Å². The highest BCUT2D eigenvalue weighted by Crippen LogP contribution is 2.32. The first-order valence-corrected chi connectivity index (χ1v) is 5.75. The predicted molar refractivity (Wildman–Crippen MR) is 69.8 cm³/mol. The molecule has 0 aromatic heterocycles. The maximum atomic E-state index is 11.5. The minimum Gasteiger partial charge on any atom is -0.280 e. The van der Waals surface area contributed by atoms with Crippen LogP contribution in [0.3, 0.4) is 0 Å². The zero-order valence-electron chi connectivity index (χ0n) is 10.6. The van der Waals surface area contributed by atoms with Crippen molar-refractivity contribution in [3.63, 3.8) is 0 Å². The smallest absolute Gasteiger partial charge is 0.267 e. The normalized spacial score (nSPS) is 16.3. The Labute approximate surface area is 102 Å². The molecule has 1 fully saturated rings. The van der Waals surface area contributed by atoms with Crippen LogP contribution in [0.25, 0.3) is 0 Å². The third-order valence-electron chi connectivity index (χ3n) is 2.91. The first-order chi connectivity index (χ1) is 7.89. The van der Waals surface area contributed by atoms with Crippen molar-refractivity contribution in [1.82, 2.24) is 5.43 Å². The molecule has 2 rings (SSSR count).